The summed E-state index contributed by atoms with van der Waals surface area (Å²) in [7, 11) is 0. The molecule has 0 saturated heterocycles. The van der Waals surface area contributed by atoms with E-state index in [0.29, 0.717) is 24.2 Å². The van der Waals surface area contributed by atoms with E-state index in [2.05, 4.69) is 11.7 Å². The summed E-state index contributed by atoms with van der Waals surface area (Å²) in [6.45, 7) is 9.27. The van der Waals surface area contributed by atoms with Crippen LogP contribution in [0.1, 0.15) is 65.9 Å². The minimum atomic E-state index is -4.81. The summed E-state index contributed by atoms with van der Waals surface area (Å²) in [5.41, 5.74) is -0.0301. The Morgan fingerprint density at radius 2 is 1.65 bits per heavy atom. The molecule has 0 unspecified atom stereocenters. The second-order valence-electron chi connectivity index (χ2n) is 10.00. The van der Waals surface area contributed by atoms with Gasteiger partial charge in [0.2, 0.25) is 0 Å². The second-order valence-corrected chi connectivity index (χ2v) is 10.00. The minimum Gasteiger partial charge on any atom is -0.488 e. The maximum atomic E-state index is 13.1. The van der Waals surface area contributed by atoms with Crippen molar-refractivity contribution in [3.63, 3.8) is 0 Å². The van der Waals surface area contributed by atoms with Crippen LogP contribution >= 0.6 is 0 Å². The zero-order valence-electron chi connectivity index (χ0n) is 20.4. The molecular weight excluding hydrogens is 445 g/mol. The van der Waals surface area contributed by atoms with Crippen LogP contribution in [0.3, 0.4) is 0 Å². The fourth-order valence-electron chi connectivity index (χ4n) is 4.32. The van der Waals surface area contributed by atoms with Crippen LogP contribution in [-0.4, -0.2) is 22.7 Å². The quantitative estimate of drug-likeness (QED) is 0.300. The summed E-state index contributed by atoms with van der Waals surface area (Å²) in [5.74, 6) is 0.547. The summed E-state index contributed by atoms with van der Waals surface area (Å²) >= 11 is 0. The molecule has 0 amide bonds. The molecule has 34 heavy (non-hydrogen) atoms. The van der Waals surface area contributed by atoms with Crippen molar-refractivity contribution in [2.24, 2.45) is 0 Å². The minimum absolute atomic E-state index is 0.234. The summed E-state index contributed by atoms with van der Waals surface area (Å²) in [4.78, 5) is 0. The Balaban J connectivity index is 1.92. The number of ether oxygens (including phenoxy) is 2. The molecule has 1 N–H and O–H groups in total. The van der Waals surface area contributed by atoms with Crippen molar-refractivity contribution in [2.75, 3.05) is 0 Å². The third kappa shape index (κ3) is 7.42. The number of alkyl halides is 3. The Kier molecular flexibility index (Phi) is 7.56. The van der Waals surface area contributed by atoms with Gasteiger partial charge < -0.3 is 19.0 Å². The third-order valence-corrected chi connectivity index (χ3v) is 5.35. The molecular formula is C27H33F3O4. The van der Waals surface area contributed by atoms with Crippen molar-refractivity contribution in [3.05, 3.63) is 48.0 Å². The number of hydrogen-bond acceptors (Lipinski definition) is 4. The molecule has 7 heteroatoms. The molecule has 0 aliphatic carbocycles. The van der Waals surface area contributed by atoms with Gasteiger partial charge in [0.25, 0.3) is 0 Å². The molecule has 1 aromatic heterocycles. The van der Waals surface area contributed by atoms with Crippen LogP contribution in [0.2, 0.25) is 0 Å². The van der Waals surface area contributed by atoms with Gasteiger partial charge in [-0.05, 0) is 76.4 Å². The van der Waals surface area contributed by atoms with Gasteiger partial charge in [-0.3, -0.25) is 0 Å². The first-order chi connectivity index (χ1) is 15.7. The van der Waals surface area contributed by atoms with Crippen LogP contribution < -0.4 is 9.47 Å². The van der Waals surface area contributed by atoms with Gasteiger partial charge in [-0.1, -0.05) is 25.8 Å². The third-order valence-electron chi connectivity index (χ3n) is 5.35. The van der Waals surface area contributed by atoms with Crippen LogP contribution in [0.15, 0.2) is 46.9 Å². The highest BCUT2D eigenvalue weighted by atomic mass is 19.4. The Hall–Kier alpha value is -2.67. The lowest BCUT2D eigenvalue weighted by Crippen LogP contribution is -2.37. The Labute approximate surface area is 198 Å². The normalized spacial score (nSPS) is 12.9. The number of rotatable bonds is 10. The Morgan fingerprint density at radius 1 is 0.912 bits per heavy atom. The van der Waals surface area contributed by atoms with Crippen LogP contribution in [0, 0.1) is 0 Å². The summed E-state index contributed by atoms with van der Waals surface area (Å²) in [5, 5.41) is 10.9. The largest absolute Gasteiger partial charge is 0.573 e. The van der Waals surface area contributed by atoms with E-state index in [0.717, 1.165) is 30.2 Å². The van der Waals surface area contributed by atoms with Crippen molar-refractivity contribution < 1.29 is 32.2 Å². The fraction of sp³-hybridized carbons (Fsp3) is 0.481. The van der Waals surface area contributed by atoms with E-state index in [4.69, 9.17) is 9.15 Å². The number of fused-ring (bicyclic) bond motifs is 1. The summed E-state index contributed by atoms with van der Waals surface area (Å²) < 4.78 is 55.7. The molecule has 1 heterocycles. The number of aliphatic hydroxyl groups is 1. The average Bonchev–Trinajstić information content (AvgIpc) is 3.07. The number of hydrogen-bond donors (Lipinski definition) is 1. The van der Waals surface area contributed by atoms with E-state index in [9.17, 15) is 18.3 Å². The van der Waals surface area contributed by atoms with Gasteiger partial charge >= 0.3 is 6.36 Å². The van der Waals surface area contributed by atoms with Gasteiger partial charge in [0.15, 0.2) is 0 Å². The first-order valence-electron chi connectivity index (χ1n) is 11.6. The molecule has 3 aromatic rings. The lowest BCUT2D eigenvalue weighted by Gasteiger charge is -2.32. The lowest BCUT2D eigenvalue weighted by atomic mass is 9.92. The van der Waals surface area contributed by atoms with Gasteiger partial charge in [-0.25, -0.2) is 0 Å². The SMILES string of the molecule is CCCCCc1ccc(-c2cc3ccc(OC(C)(C)CC(C)(C)O)cc3o2)c(OC(F)(F)F)c1. The zero-order valence-corrected chi connectivity index (χ0v) is 20.4. The van der Waals surface area contributed by atoms with E-state index >= 15 is 0 Å². The van der Waals surface area contributed by atoms with Gasteiger partial charge in [0, 0.05) is 17.9 Å². The highest BCUT2D eigenvalue weighted by Crippen LogP contribution is 2.39. The van der Waals surface area contributed by atoms with Crippen LogP contribution in [0.4, 0.5) is 13.2 Å². The summed E-state index contributed by atoms with van der Waals surface area (Å²) in [6.07, 6.45) is -0.774. The molecule has 0 radical (unpaired) electrons. The van der Waals surface area contributed by atoms with Gasteiger partial charge in [-0.2, -0.15) is 0 Å². The molecule has 4 nitrogen and oxygen atoms in total. The van der Waals surface area contributed by atoms with Gasteiger partial charge in [0.1, 0.15) is 28.4 Å². The molecule has 0 atom stereocenters. The van der Waals surface area contributed by atoms with Crippen molar-refractivity contribution in [3.8, 4) is 22.8 Å². The molecule has 0 fully saturated rings. The topological polar surface area (TPSA) is 51.8 Å². The zero-order chi connectivity index (χ0) is 25.1. The first kappa shape index (κ1) is 25.9. The van der Waals surface area contributed by atoms with E-state index < -0.39 is 17.6 Å². The highest BCUT2D eigenvalue weighted by molar-refractivity contribution is 5.85. The van der Waals surface area contributed by atoms with E-state index in [-0.39, 0.29) is 17.1 Å². The van der Waals surface area contributed by atoms with Crippen molar-refractivity contribution in [2.45, 2.75) is 84.3 Å². The molecule has 3 rings (SSSR count). The molecule has 0 aliphatic heterocycles. The van der Waals surface area contributed by atoms with E-state index in [1.807, 2.05) is 19.9 Å². The van der Waals surface area contributed by atoms with Crippen LogP contribution in [0.5, 0.6) is 11.5 Å². The number of furan rings is 1. The van der Waals surface area contributed by atoms with Gasteiger partial charge in [-0.15, -0.1) is 13.2 Å². The first-order valence-corrected chi connectivity index (χ1v) is 11.6. The number of benzene rings is 2. The number of unbranched alkanes of at least 4 members (excludes halogenated alkanes) is 2. The maximum Gasteiger partial charge on any atom is 0.573 e. The van der Waals surface area contributed by atoms with Crippen LogP contribution in [-0.2, 0) is 6.42 Å². The maximum absolute atomic E-state index is 13.1. The second kappa shape index (κ2) is 9.90. The number of halogens is 3. The summed E-state index contributed by atoms with van der Waals surface area (Å²) in [6, 6.07) is 11.8. The van der Waals surface area contributed by atoms with Crippen molar-refractivity contribution >= 4 is 11.0 Å². The highest BCUT2D eigenvalue weighted by Gasteiger charge is 2.33. The molecule has 0 spiro atoms. The monoisotopic (exact) mass is 478 g/mol. The molecule has 186 valence electrons. The van der Waals surface area contributed by atoms with Gasteiger partial charge in [0.05, 0.1) is 11.2 Å². The number of aryl methyl sites for hydroxylation is 1. The molecule has 0 aliphatic rings. The van der Waals surface area contributed by atoms with Crippen LogP contribution in [0.25, 0.3) is 22.3 Å². The fourth-order valence-corrected chi connectivity index (χ4v) is 4.32. The lowest BCUT2D eigenvalue weighted by molar-refractivity contribution is -0.274. The van der Waals surface area contributed by atoms with E-state index in [1.165, 1.54) is 6.07 Å². The Bertz CT molecular complexity index is 1110. The van der Waals surface area contributed by atoms with E-state index in [1.54, 1.807) is 44.2 Å². The molecule has 0 saturated carbocycles. The predicted octanol–water partition coefficient (Wildman–Crippen LogP) is 8.05. The van der Waals surface area contributed by atoms with Crippen molar-refractivity contribution in [1.29, 1.82) is 0 Å². The average molecular weight is 479 g/mol. The molecule has 0 bridgehead atoms. The predicted molar refractivity (Wildman–Crippen MR) is 127 cm³/mol. The smallest absolute Gasteiger partial charge is 0.488 e. The molecule has 2 aromatic carbocycles. The standard InChI is InChI=1S/C27H33F3O4/c1-6-7-8-9-18-10-13-21(24(14-18)34-27(28,29)30)23-15-19-11-12-20(16-22(19)32-23)33-26(4,5)17-25(2,3)31/h10-16,31H,6-9,17H2,1-5H3. The van der Waals surface area contributed by atoms with Crippen molar-refractivity contribution in [1.82, 2.24) is 0 Å². The Morgan fingerprint density at radius 3 is 2.29 bits per heavy atom.